The van der Waals surface area contributed by atoms with Gasteiger partial charge in [0.05, 0.1) is 0 Å². The van der Waals surface area contributed by atoms with Crippen LogP contribution in [-0.4, -0.2) is 18.6 Å². The Morgan fingerprint density at radius 3 is 2.67 bits per heavy atom. The van der Waals surface area contributed by atoms with Gasteiger partial charge >= 0.3 is 0 Å². The van der Waals surface area contributed by atoms with Crippen LogP contribution in [0.1, 0.15) is 26.7 Å². The standard InChI is InChI=1S/C13H18N2/c1-2-4-12-10-15-13(9-11(12)3-1)5-7-14-8-6-13/h1-4,14-15H,5-10H2/i10D2. The number of nitrogens with one attached hydrogen (secondary N) is 2. The smallest absolute Gasteiger partial charge is 0.0479 e. The Morgan fingerprint density at radius 1 is 1.13 bits per heavy atom. The number of benzene rings is 1. The first-order valence-corrected chi connectivity index (χ1v) is 5.70. The van der Waals surface area contributed by atoms with Gasteiger partial charge in [-0.3, -0.25) is 0 Å². The molecule has 0 bridgehead atoms. The van der Waals surface area contributed by atoms with Gasteiger partial charge in [-0.25, -0.2) is 0 Å². The van der Waals surface area contributed by atoms with Crippen molar-refractivity contribution in [1.82, 2.24) is 10.6 Å². The summed E-state index contributed by atoms with van der Waals surface area (Å²) in [5.41, 5.74) is 1.92. The largest absolute Gasteiger partial charge is 0.317 e. The fourth-order valence-corrected chi connectivity index (χ4v) is 2.61. The molecule has 0 atom stereocenters. The van der Waals surface area contributed by atoms with Crippen molar-refractivity contribution < 1.29 is 2.74 Å². The first kappa shape index (κ1) is 7.42. The van der Waals surface area contributed by atoms with Crippen molar-refractivity contribution in [2.24, 2.45) is 0 Å². The molecule has 1 aromatic carbocycles. The first-order valence-electron chi connectivity index (χ1n) is 6.70. The molecule has 0 saturated carbocycles. The summed E-state index contributed by atoms with van der Waals surface area (Å²) >= 11 is 0. The molecule has 0 radical (unpaired) electrons. The maximum absolute atomic E-state index is 8.20. The van der Waals surface area contributed by atoms with Crippen LogP contribution in [0.25, 0.3) is 0 Å². The van der Waals surface area contributed by atoms with E-state index in [9.17, 15) is 0 Å². The molecule has 80 valence electrons. The molecule has 2 heteroatoms. The summed E-state index contributed by atoms with van der Waals surface area (Å²) in [7, 11) is 0. The van der Waals surface area contributed by atoms with Crippen molar-refractivity contribution in [3.63, 3.8) is 0 Å². The van der Waals surface area contributed by atoms with Gasteiger partial charge in [0, 0.05) is 14.8 Å². The van der Waals surface area contributed by atoms with Crippen molar-refractivity contribution in [3.8, 4) is 0 Å². The maximum atomic E-state index is 8.20. The predicted molar refractivity (Wildman–Crippen MR) is 61.8 cm³/mol. The maximum Gasteiger partial charge on any atom is 0.0479 e. The van der Waals surface area contributed by atoms with Crippen LogP contribution in [0.4, 0.5) is 0 Å². The normalized spacial score (nSPS) is 29.1. The van der Waals surface area contributed by atoms with E-state index in [1.54, 1.807) is 0 Å². The molecule has 0 aromatic heterocycles. The molecular weight excluding hydrogens is 184 g/mol. The molecule has 1 fully saturated rings. The van der Waals surface area contributed by atoms with E-state index in [2.05, 4.69) is 16.7 Å². The van der Waals surface area contributed by atoms with Crippen molar-refractivity contribution in [2.75, 3.05) is 13.1 Å². The Balaban J connectivity index is 2.00. The van der Waals surface area contributed by atoms with Gasteiger partial charge < -0.3 is 10.6 Å². The Morgan fingerprint density at radius 2 is 1.87 bits per heavy atom. The van der Waals surface area contributed by atoms with E-state index >= 15 is 0 Å². The lowest BCUT2D eigenvalue weighted by Crippen LogP contribution is -2.55. The van der Waals surface area contributed by atoms with Crippen LogP contribution in [0.3, 0.4) is 0 Å². The Hall–Kier alpha value is -0.860. The highest BCUT2D eigenvalue weighted by atomic mass is 15.0. The van der Waals surface area contributed by atoms with E-state index < -0.39 is 6.50 Å². The second-order valence-corrected chi connectivity index (χ2v) is 4.61. The fraction of sp³-hybridized carbons (Fsp3) is 0.538. The zero-order valence-electron chi connectivity index (χ0n) is 10.8. The molecular formula is C13H18N2. The van der Waals surface area contributed by atoms with Gasteiger partial charge in [-0.2, -0.15) is 0 Å². The average molecular weight is 204 g/mol. The van der Waals surface area contributed by atoms with E-state index in [0.29, 0.717) is 0 Å². The van der Waals surface area contributed by atoms with Gasteiger partial charge in [-0.15, -0.1) is 0 Å². The highest BCUT2D eigenvalue weighted by Crippen LogP contribution is 2.29. The zero-order valence-corrected chi connectivity index (χ0v) is 8.84. The minimum absolute atomic E-state index is 0.0525. The molecule has 0 amide bonds. The molecule has 2 heterocycles. The number of hydrogen-bond acceptors (Lipinski definition) is 2. The van der Waals surface area contributed by atoms with Gasteiger partial charge in [-0.05, 0) is 43.5 Å². The van der Waals surface area contributed by atoms with Crippen LogP contribution in [0.5, 0.6) is 0 Å². The first-order chi connectivity index (χ1) is 8.11. The lowest BCUT2D eigenvalue weighted by Gasteiger charge is -2.42. The van der Waals surface area contributed by atoms with E-state index in [4.69, 9.17) is 2.74 Å². The van der Waals surface area contributed by atoms with Crippen LogP contribution < -0.4 is 10.6 Å². The fourth-order valence-electron chi connectivity index (χ4n) is 2.61. The number of rotatable bonds is 0. The van der Waals surface area contributed by atoms with Gasteiger partial charge in [0.25, 0.3) is 0 Å². The van der Waals surface area contributed by atoms with Gasteiger partial charge in [0.1, 0.15) is 0 Å². The molecule has 15 heavy (non-hydrogen) atoms. The van der Waals surface area contributed by atoms with Gasteiger partial charge in [0.2, 0.25) is 0 Å². The summed E-state index contributed by atoms with van der Waals surface area (Å²) < 4.78 is 16.4. The van der Waals surface area contributed by atoms with Crippen molar-refractivity contribution in [2.45, 2.75) is 31.3 Å². The Bertz CT molecular complexity index is 425. The lowest BCUT2D eigenvalue weighted by atomic mass is 9.78. The minimum atomic E-state index is -1.40. The highest BCUT2D eigenvalue weighted by Gasteiger charge is 2.34. The molecule has 1 aromatic rings. The van der Waals surface area contributed by atoms with E-state index in [-0.39, 0.29) is 5.54 Å². The van der Waals surface area contributed by atoms with E-state index in [0.717, 1.165) is 43.5 Å². The van der Waals surface area contributed by atoms with Crippen molar-refractivity contribution in [3.05, 3.63) is 35.4 Å². The molecule has 2 N–H and O–H groups in total. The average Bonchev–Trinajstić information content (AvgIpc) is 2.29. The second kappa shape index (κ2) is 3.62. The molecule has 1 spiro atoms. The van der Waals surface area contributed by atoms with Crippen molar-refractivity contribution in [1.29, 1.82) is 0 Å². The third-order valence-corrected chi connectivity index (χ3v) is 3.57. The summed E-state index contributed by atoms with van der Waals surface area (Å²) in [5.74, 6) is 0. The Kier molecular flexibility index (Phi) is 1.79. The van der Waals surface area contributed by atoms with E-state index in [1.807, 2.05) is 18.2 Å². The molecule has 2 aliphatic heterocycles. The molecule has 0 aliphatic carbocycles. The lowest BCUT2D eigenvalue weighted by molar-refractivity contribution is 0.227. The third-order valence-electron chi connectivity index (χ3n) is 3.57. The summed E-state index contributed by atoms with van der Waals surface area (Å²) in [6, 6.07) is 7.89. The number of hydrogen-bond donors (Lipinski definition) is 2. The topological polar surface area (TPSA) is 24.1 Å². The van der Waals surface area contributed by atoms with Crippen LogP contribution in [-0.2, 0) is 12.9 Å². The number of piperidine rings is 1. The van der Waals surface area contributed by atoms with Crippen LogP contribution in [0.15, 0.2) is 24.3 Å². The summed E-state index contributed by atoms with van der Waals surface area (Å²) in [4.78, 5) is 0. The van der Waals surface area contributed by atoms with E-state index in [1.165, 1.54) is 0 Å². The molecule has 2 nitrogen and oxygen atoms in total. The minimum Gasteiger partial charge on any atom is -0.317 e. The van der Waals surface area contributed by atoms with Crippen LogP contribution in [0, 0.1) is 0 Å². The highest BCUT2D eigenvalue weighted by molar-refractivity contribution is 5.31. The molecule has 2 aliphatic rings. The van der Waals surface area contributed by atoms with Gasteiger partial charge in [0.15, 0.2) is 0 Å². The van der Waals surface area contributed by atoms with Crippen LogP contribution in [0.2, 0.25) is 0 Å². The zero-order chi connectivity index (χ0) is 11.9. The third kappa shape index (κ3) is 1.68. The summed E-state index contributed by atoms with van der Waals surface area (Å²) in [6.07, 6.45) is 2.95. The van der Waals surface area contributed by atoms with Crippen molar-refractivity contribution >= 4 is 0 Å². The van der Waals surface area contributed by atoms with Crippen LogP contribution >= 0.6 is 0 Å². The Labute approximate surface area is 93.9 Å². The molecule has 0 unspecified atom stereocenters. The predicted octanol–water partition coefficient (Wildman–Crippen LogP) is 1.45. The monoisotopic (exact) mass is 204 g/mol. The summed E-state index contributed by atoms with van der Waals surface area (Å²) in [6.45, 7) is 0.558. The van der Waals surface area contributed by atoms with Gasteiger partial charge in [-0.1, -0.05) is 24.3 Å². The SMILES string of the molecule is [2H]C1([2H])NC2(CCNCC2)Cc2ccccc21. The summed E-state index contributed by atoms with van der Waals surface area (Å²) in [5, 5.41) is 6.60. The molecule has 1 saturated heterocycles. The quantitative estimate of drug-likeness (QED) is 0.668. The number of fused-ring (bicyclic) bond motifs is 1. The second-order valence-electron chi connectivity index (χ2n) is 4.61. The molecule has 3 rings (SSSR count).